The van der Waals surface area contributed by atoms with E-state index in [4.69, 9.17) is 9.47 Å². The zero-order chi connectivity index (χ0) is 18.9. The summed E-state index contributed by atoms with van der Waals surface area (Å²) in [6, 6.07) is 11.5. The van der Waals surface area contributed by atoms with Gasteiger partial charge in [0.15, 0.2) is 0 Å². The Morgan fingerprint density at radius 2 is 1.65 bits per heavy atom. The van der Waals surface area contributed by atoms with Crippen LogP contribution in [0.25, 0.3) is 0 Å². The van der Waals surface area contributed by atoms with Crippen LogP contribution in [0.1, 0.15) is 20.7 Å². The zero-order valence-corrected chi connectivity index (χ0v) is 13.9. The van der Waals surface area contributed by atoms with Gasteiger partial charge < -0.3 is 9.47 Å². The highest BCUT2D eigenvalue weighted by atomic mass is 16.6. The number of nitrogens with zero attached hydrogens (tertiary/aromatic N) is 1. The summed E-state index contributed by atoms with van der Waals surface area (Å²) in [4.78, 5) is 34.1. The molecule has 0 heterocycles. The van der Waals surface area contributed by atoms with E-state index in [9.17, 15) is 19.7 Å². The van der Waals surface area contributed by atoms with Gasteiger partial charge in [-0.1, -0.05) is 6.07 Å². The van der Waals surface area contributed by atoms with E-state index < -0.39 is 16.7 Å². The number of non-ortho nitro benzene ring substituents is 1. The Balaban J connectivity index is 1.90. The quantitative estimate of drug-likeness (QED) is 0.441. The molecule has 136 valence electrons. The molecule has 0 aliphatic carbocycles. The molecule has 0 fully saturated rings. The van der Waals surface area contributed by atoms with Crippen LogP contribution in [0.4, 0.5) is 5.69 Å². The molecule has 0 aliphatic rings. The fourth-order valence-electron chi connectivity index (χ4n) is 1.96. The third-order valence-corrected chi connectivity index (χ3v) is 3.28. The van der Waals surface area contributed by atoms with Gasteiger partial charge in [-0.3, -0.25) is 30.6 Å². The lowest BCUT2D eigenvalue weighted by atomic mass is 10.2. The van der Waals surface area contributed by atoms with Crippen molar-refractivity contribution in [3.63, 3.8) is 0 Å². The number of hydrogen-bond acceptors (Lipinski definition) is 6. The van der Waals surface area contributed by atoms with Crippen LogP contribution < -0.4 is 15.6 Å². The molecular weight excluding hydrogens is 342 g/mol. The third kappa shape index (κ3) is 5.28. The second-order valence-corrected chi connectivity index (χ2v) is 5.08. The van der Waals surface area contributed by atoms with Gasteiger partial charge in [0.1, 0.15) is 12.4 Å². The Hall–Kier alpha value is -3.46. The van der Waals surface area contributed by atoms with E-state index in [0.29, 0.717) is 24.5 Å². The molecule has 0 saturated carbocycles. The average molecular weight is 359 g/mol. The van der Waals surface area contributed by atoms with E-state index in [-0.39, 0.29) is 11.3 Å². The topological polar surface area (TPSA) is 120 Å². The molecule has 0 unspecified atom stereocenters. The summed E-state index contributed by atoms with van der Waals surface area (Å²) in [6.07, 6.45) is 0. The highest BCUT2D eigenvalue weighted by Crippen LogP contribution is 2.13. The minimum absolute atomic E-state index is 0.0568. The van der Waals surface area contributed by atoms with Gasteiger partial charge in [0.2, 0.25) is 0 Å². The molecule has 2 aromatic carbocycles. The van der Waals surface area contributed by atoms with Crippen molar-refractivity contribution in [2.45, 2.75) is 0 Å². The maximum absolute atomic E-state index is 12.0. The molecule has 2 amide bonds. The number of carbonyl (C=O) groups excluding carboxylic acids is 2. The van der Waals surface area contributed by atoms with E-state index in [1.807, 2.05) is 0 Å². The van der Waals surface area contributed by atoms with Crippen LogP contribution in [-0.4, -0.2) is 37.1 Å². The van der Waals surface area contributed by atoms with Crippen LogP contribution in [-0.2, 0) is 4.74 Å². The molecule has 0 bridgehead atoms. The molecular formula is C17H17N3O6. The molecule has 2 aromatic rings. The summed E-state index contributed by atoms with van der Waals surface area (Å²) >= 11 is 0. The zero-order valence-electron chi connectivity index (χ0n) is 13.9. The van der Waals surface area contributed by atoms with Crippen molar-refractivity contribution in [2.75, 3.05) is 20.3 Å². The number of hydrazine groups is 1. The van der Waals surface area contributed by atoms with Crippen LogP contribution in [0.3, 0.4) is 0 Å². The van der Waals surface area contributed by atoms with E-state index in [1.54, 1.807) is 19.2 Å². The van der Waals surface area contributed by atoms with E-state index >= 15 is 0 Å². The molecule has 0 saturated heterocycles. The Labute approximate surface area is 149 Å². The van der Waals surface area contributed by atoms with Crippen molar-refractivity contribution in [3.8, 4) is 5.75 Å². The van der Waals surface area contributed by atoms with Gasteiger partial charge in [-0.25, -0.2) is 0 Å². The third-order valence-electron chi connectivity index (χ3n) is 3.28. The second-order valence-electron chi connectivity index (χ2n) is 5.08. The van der Waals surface area contributed by atoms with Gasteiger partial charge in [0.25, 0.3) is 17.5 Å². The molecule has 9 nitrogen and oxygen atoms in total. The molecule has 9 heteroatoms. The second kappa shape index (κ2) is 9.14. The summed E-state index contributed by atoms with van der Waals surface area (Å²) in [5.74, 6) is -0.618. The fraction of sp³-hybridized carbons (Fsp3) is 0.176. The summed E-state index contributed by atoms with van der Waals surface area (Å²) in [6.45, 7) is 0.841. The first-order valence-corrected chi connectivity index (χ1v) is 7.58. The summed E-state index contributed by atoms with van der Waals surface area (Å²) in [5.41, 5.74) is 4.61. The van der Waals surface area contributed by atoms with Crippen molar-refractivity contribution in [3.05, 3.63) is 69.8 Å². The molecule has 26 heavy (non-hydrogen) atoms. The minimum atomic E-state index is -0.665. The normalized spacial score (nSPS) is 10.0. The Morgan fingerprint density at radius 3 is 2.27 bits per heavy atom. The van der Waals surface area contributed by atoms with E-state index in [0.717, 1.165) is 6.07 Å². The molecule has 0 radical (unpaired) electrons. The number of carbonyl (C=O) groups is 2. The molecule has 0 spiro atoms. The SMILES string of the molecule is COCCOc1ccc(C(=O)NNC(=O)c2cccc([N+](=O)[O-])c2)cc1. The van der Waals surface area contributed by atoms with Crippen molar-refractivity contribution in [2.24, 2.45) is 0 Å². The average Bonchev–Trinajstić information content (AvgIpc) is 2.66. The van der Waals surface area contributed by atoms with Crippen molar-refractivity contribution in [1.82, 2.24) is 10.9 Å². The van der Waals surface area contributed by atoms with Crippen LogP contribution in [0.5, 0.6) is 5.75 Å². The van der Waals surface area contributed by atoms with Gasteiger partial charge >= 0.3 is 0 Å². The number of nitro groups is 1. The van der Waals surface area contributed by atoms with Crippen LogP contribution in [0.15, 0.2) is 48.5 Å². The predicted molar refractivity (Wildman–Crippen MR) is 91.8 cm³/mol. The summed E-state index contributed by atoms with van der Waals surface area (Å²) in [5, 5.41) is 10.7. The Kier molecular flexibility index (Phi) is 6.63. The lowest BCUT2D eigenvalue weighted by molar-refractivity contribution is -0.384. The largest absolute Gasteiger partial charge is 0.491 e. The first kappa shape index (κ1) is 18.9. The van der Waals surface area contributed by atoms with Crippen molar-refractivity contribution < 1.29 is 24.0 Å². The molecule has 0 aliphatic heterocycles. The number of rotatable bonds is 7. The van der Waals surface area contributed by atoms with Crippen LogP contribution in [0, 0.1) is 10.1 Å². The van der Waals surface area contributed by atoms with Crippen molar-refractivity contribution >= 4 is 17.5 Å². The van der Waals surface area contributed by atoms with Crippen LogP contribution >= 0.6 is 0 Å². The number of nitro benzene ring substituents is 1. The lowest BCUT2D eigenvalue weighted by Crippen LogP contribution is -2.41. The summed E-state index contributed by atoms with van der Waals surface area (Å²) in [7, 11) is 1.57. The predicted octanol–water partition coefficient (Wildman–Crippen LogP) is 1.69. The lowest BCUT2D eigenvalue weighted by Gasteiger charge is -2.09. The first-order chi connectivity index (χ1) is 12.5. The highest BCUT2D eigenvalue weighted by Gasteiger charge is 2.13. The molecule has 0 aromatic heterocycles. The monoisotopic (exact) mass is 359 g/mol. The number of nitrogens with one attached hydrogen (secondary N) is 2. The summed E-state index contributed by atoms with van der Waals surface area (Å²) < 4.78 is 10.3. The Morgan fingerprint density at radius 1 is 1.00 bits per heavy atom. The smallest absolute Gasteiger partial charge is 0.270 e. The number of amides is 2. The van der Waals surface area contributed by atoms with E-state index in [2.05, 4.69) is 10.9 Å². The van der Waals surface area contributed by atoms with Gasteiger partial charge in [-0.15, -0.1) is 0 Å². The van der Waals surface area contributed by atoms with Crippen molar-refractivity contribution in [1.29, 1.82) is 0 Å². The molecule has 0 atom stereocenters. The number of hydrogen-bond donors (Lipinski definition) is 2. The highest BCUT2D eigenvalue weighted by molar-refractivity contribution is 5.99. The molecule has 2 N–H and O–H groups in total. The molecule has 2 rings (SSSR count). The number of methoxy groups -OCH3 is 1. The maximum Gasteiger partial charge on any atom is 0.270 e. The first-order valence-electron chi connectivity index (χ1n) is 7.58. The van der Waals surface area contributed by atoms with Gasteiger partial charge in [0.05, 0.1) is 11.5 Å². The Bertz CT molecular complexity index is 791. The fourth-order valence-corrected chi connectivity index (χ4v) is 1.96. The van der Waals surface area contributed by atoms with Gasteiger partial charge in [-0.05, 0) is 30.3 Å². The standard InChI is InChI=1S/C17H17N3O6/c1-25-9-10-26-15-7-5-12(6-8-15)16(21)18-19-17(22)13-3-2-4-14(11-13)20(23)24/h2-8,11H,9-10H2,1H3,(H,18,21)(H,19,22). The minimum Gasteiger partial charge on any atom is -0.491 e. The number of ether oxygens (including phenoxy) is 2. The van der Waals surface area contributed by atoms with Gasteiger partial charge in [-0.2, -0.15) is 0 Å². The maximum atomic E-state index is 12.0. The van der Waals surface area contributed by atoms with Gasteiger partial charge in [0, 0.05) is 30.4 Å². The number of benzene rings is 2. The van der Waals surface area contributed by atoms with E-state index in [1.165, 1.54) is 30.3 Å². The van der Waals surface area contributed by atoms with Crippen LogP contribution in [0.2, 0.25) is 0 Å².